The van der Waals surface area contributed by atoms with Crippen molar-refractivity contribution < 1.29 is 13.5 Å². The van der Waals surface area contributed by atoms with Crippen molar-refractivity contribution in [1.29, 1.82) is 0 Å². The fraction of sp³-hybridized carbons (Fsp3) is 0.0833. The number of hydrogen-bond acceptors (Lipinski definition) is 4. The molecule has 0 aliphatic carbocycles. The van der Waals surface area contributed by atoms with E-state index in [9.17, 15) is 13.2 Å². The van der Waals surface area contributed by atoms with Gasteiger partial charge in [-0.25, -0.2) is 13.1 Å². The van der Waals surface area contributed by atoms with E-state index in [2.05, 4.69) is 9.71 Å². The topological polar surface area (TPSA) is 99.3 Å². The zero-order chi connectivity index (χ0) is 13.9. The highest BCUT2D eigenvalue weighted by Gasteiger charge is 2.13. The molecule has 2 rings (SSSR count). The molecule has 19 heavy (non-hydrogen) atoms. The number of rotatable bonds is 4. The standard InChI is InChI=1S/C12H12N2O4S/c15-10-3-1-9(2-4-10)7-14-19(17,18)11-5-6-12(16)13-8-11/h1-6,8,14-15H,7H2,(H,13,16). The van der Waals surface area contributed by atoms with Gasteiger partial charge in [-0.3, -0.25) is 4.79 Å². The van der Waals surface area contributed by atoms with Gasteiger partial charge in [0.15, 0.2) is 0 Å². The van der Waals surface area contributed by atoms with Crippen LogP contribution in [0.1, 0.15) is 5.56 Å². The Labute approximate surface area is 109 Å². The third-order valence-electron chi connectivity index (χ3n) is 2.47. The van der Waals surface area contributed by atoms with E-state index in [0.717, 1.165) is 12.3 Å². The second kappa shape index (κ2) is 5.25. The normalized spacial score (nSPS) is 11.4. The zero-order valence-electron chi connectivity index (χ0n) is 9.83. The van der Waals surface area contributed by atoms with E-state index in [1.54, 1.807) is 12.1 Å². The maximum absolute atomic E-state index is 11.9. The summed E-state index contributed by atoms with van der Waals surface area (Å²) in [7, 11) is -3.67. The highest BCUT2D eigenvalue weighted by molar-refractivity contribution is 7.89. The average molecular weight is 280 g/mol. The quantitative estimate of drug-likeness (QED) is 0.762. The Morgan fingerprint density at radius 1 is 1.11 bits per heavy atom. The van der Waals surface area contributed by atoms with Crippen molar-refractivity contribution in [3.63, 3.8) is 0 Å². The molecule has 100 valence electrons. The third kappa shape index (κ3) is 3.43. The van der Waals surface area contributed by atoms with Gasteiger partial charge in [0.1, 0.15) is 5.75 Å². The lowest BCUT2D eigenvalue weighted by Gasteiger charge is -2.06. The number of H-pyrrole nitrogens is 1. The van der Waals surface area contributed by atoms with E-state index < -0.39 is 10.0 Å². The van der Waals surface area contributed by atoms with Crippen LogP contribution in [-0.2, 0) is 16.6 Å². The number of nitrogens with one attached hydrogen (secondary N) is 2. The molecule has 1 heterocycles. The van der Waals surface area contributed by atoms with Crippen LogP contribution in [0.5, 0.6) is 5.75 Å². The fourth-order valence-corrected chi connectivity index (χ4v) is 2.42. The molecule has 0 atom stereocenters. The van der Waals surface area contributed by atoms with Crippen molar-refractivity contribution in [2.45, 2.75) is 11.4 Å². The van der Waals surface area contributed by atoms with Crippen molar-refractivity contribution in [1.82, 2.24) is 9.71 Å². The molecule has 0 amide bonds. The van der Waals surface area contributed by atoms with Crippen molar-refractivity contribution in [2.75, 3.05) is 0 Å². The molecule has 0 unspecified atom stereocenters. The van der Waals surface area contributed by atoms with Gasteiger partial charge in [0.2, 0.25) is 15.6 Å². The van der Waals surface area contributed by atoms with E-state index in [1.807, 2.05) is 0 Å². The van der Waals surface area contributed by atoms with Crippen molar-refractivity contribution >= 4 is 10.0 Å². The largest absolute Gasteiger partial charge is 0.508 e. The van der Waals surface area contributed by atoms with Crippen LogP contribution >= 0.6 is 0 Å². The summed E-state index contributed by atoms with van der Waals surface area (Å²) in [6, 6.07) is 8.57. The number of benzene rings is 1. The van der Waals surface area contributed by atoms with Crippen molar-refractivity contribution in [2.24, 2.45) is 0 Å². The lowest BCUT2D eigenvalue weighted by atomic mass is 10.2. The van der Waals surface area contributed by atoms with Gasteiger partial charge in [-0.15, -0.1) is 0 Å². The van der Waals surface area contributed by atoms with Gasteiger partial charge in [-0.05, 0) is 23.8 Å². The number of sulfonamides is 1. The Morgan fingerprint density at radius 2 is 1.79 bits per heavy atom. The van der Waals surface area contributed by atoms with Gasteiger partial charge in [-0.2, -0.15) is 0 Å². The molecule has 0 saturated carbocycles. The maximum atomic E-state index is 11.9. The summed E-state index contributed by atoms with van der Waals surface area (Å²) in [5.74, 6) is 0.118. The van der Waals surface area contributed by atoms with Gasteiger partial charge in [0.25, 0.3) is 0 Å². The molecule has 3 N–H and O–H groups in total. The minimum absolute atomic E-state index is 0.00845. The second-order valence-corrected chi connectivity index (χ2v) is 5.65. The maximum Gasteiger partial charge on any atom is 0.247 e. The lowest BCUT2D eigenvalue weighted by molar-refractivity contribution is 0.475. The summed E-state index contributed by atoms with van der Waals surface area (Å²) in [4.78, 5) is 13.2. The van der Waals surface area contributed by atoms with E-state index >= 15 is 0 Å². The summed E-state index contributed by atoms with van der Waals surface area (Å²) in [6.45, 7) is 0.0989. The monoisotopic (exact) mass is 280 g/mol. The molecule has 0 fully saturated rings. The first-order valence-electron chi connectivity index (χ1n) is 5.44. The summed E-state index contributed by atoms with van der Waals surface area (Å²) in [6.07, 6.45) is 1.14. The van der Waals surface area contributed by atoms with Gasteiger partial charge < -0.3 is 10.1 Å². The van der Waals surface area contributed by atoms with Crippen LogP contribution in [0.25, 0.3) is 0 Å². The molecule has 2 aromatic rings. The first kappa shape index (κ1) is 13.3. The van der Waals surface area contributed by atoms with Crippen LogP contribution in [0.4, 0.5) is 0 Å². The first-order valence-corrected chi connectivity index (χ1v) is 6.92. The van der Waals surface area contributed by atoms with Gasteiger partial charge in [0, 0.05) is 18.8 Å². The van der Waals surface area contributed by atoms with Gasteiger partial charge >= 0.3 is 0 Å². The lowest BCUT2D eigenvalue weighted by Crippen LogP contribution is -2.24. The first-order chi connectivity index (χ1) is 8.97. The summed E-state index contributed by atoms with van der Waals surface area (Å²) in [5, 5.41) is 9.12. The Kier molecular flexibility index (Phi) is 3.68. The summed E-state index contributed by atoms with van der Waals surface area (Å²) >= 11 is 0. The van der Waals surface area contributed by atoms with Crippen LogP contribution in [0.15, 0.2) is 52.3 Å². The smallest absolute Gasteiger partial charge is 0.247 e. The molecule has 1 aromatic heterocycles. The second-order valence-electron chi connectivity index (χ2n) is 3.88. The molecular formula is C12H12N2O4S. The molecule has 1 aromatic carbocycles. The Hall–Kier alpha value is -2.12. The third-order valence-corrected chi connectivity index (χ3v) is 3.87. The minimum Gasteiger partial charge on any atom is -0.508 e. The van der Waals surface area contributed by atoms with Gasteiger partial charge in [-0.1, -0.05) is 12.1 Å². The van der Waals surface area contributed by atoms with Crippen LogP contribution in [0, 0.1) is 0 Å². The number of aromatic hydroxyl groups is 1. The summed E-state index contributed by atoms with van der Waals surface area (Å²) < 4.78 is 26.2. The number of phenols is 1. The predicted molar refractivity (Wildman–Crippen MR) is 69.2 cm³/mol. The predicted octanol–water partition coefficient (Wildman–Crippen LogP) is 0.559. The highest BCUT2D eigenvalue weighted by Crippen LogP contribution is 2.11. The molecule has 0 bridgehead atoms. The van der Waals surface area contributed by atoms with Crippen LogP contribution in [0.3, 0.4) is 0 Å². The number of aromatic amines is 1. The molecular weight excluding hydrogens is 268 g/mol. The number of hydrogen-bond donors (Lipinski definition) is 3. The van der Waals surface area contributed by atoms with E-state index in [4.69, 9.17) is 5.11 Å². The van der Waals surface area contributed by atoms with Crippen molar-refractivity contribution in [3.05, 3.63) is 58.5 Å². The Morgan fingerprint density at radius 3 is 2.37 bits per heavy atom. The van der Waals surface area contributed by atoms with Crippen LogP contribution in [0.2, 0.25) is 0 Å². The number of aromatic nitrogens is 1. The molecule has 0 radical (unpaired) electrons. The van der Waals surface area contributed by atoms with E-state index in [-0.39, 0.29) is 22.7 Å². The SMILES string of the molecule is O=c1ccc(S(=O)(=O)NCc2ccc(O)cc2)c[nH]1. The van der Waals surface area contributed by atoms with Crippen LogP contribution in [-0.4, -0.2) is 18.5 Å². The Balaban J connectivity index is 2.11. The van der Waals surface area contributed by atoms with E-state index in [1.165, 1.54) is 18.2 Å². The zero-order valence-corrected chi connectivity index (χ0v) is 10.6. The number of pyridine rings is 1. The average Bonchev–Trinajstić information content (AvgIpc) is 2.39. The molecule has 6 nitrogen and oxygen atoms in total. The molecule has 7 heteroatoms. The Bertz CT molecular complexity index is 700. The molecule has 0 aliphatic rings. The highest BCUT2D eigenvalue weighted by atomic mass is 32.2. The molecule has 0 spiro atoms. The fourth-order valence-electron chi connectivity index (χ4n) is 1.44. The number of phenolic OH excluding ortho intramolecular Hbond substituents is 1. The molecule has 0 aliphatic heterocycles. The van der Waals surface area contributed by atoms with Crippen LogP contribution < -0.4 is 10.3 Å². The summed E-state index contributed by atoms with van der Waals surface area (Å²) in [5.41, 5.74) is 0.350. The molecule has 0 saturated heterocycles. The van der Waals surface area contributed by atoms with E-state index in [0.29, 0.717) is 5.56 Å². The minimum atomic E-state index is -3.67. The van der Waals surface area contributed by atoms with Gasteiger partial charge in [0.05, 0.1) is 4.90 Å². The van der Waals surface area contributed by atoms with Crippen molar-refractivity contribution in [3.8, 4) is 5.75 Å².